The number of hydrogen-bond acceptors (Lipinski definition) is 5. The summed E-state index contributed by atoms with van der Waals surface area (Å²) in [5, 5.41) is 3.03. The summed E-state index contributed by atoms with van der Waals surface area (Å²) in [6, 6.07) is 17.9. The number of esters is 1. The van der Waals surface area contributed by atoms with Gasteiger partial charge < -0.3 is 10.1 Å². The first-order chi connectivity index (χ1) is 16.3. The number of hydrogen-bond donors (Lipinski definition) is 1. The van der Waals surface area contributed by atoms with E-state index >= 15 is 0 Å². The maximum Gasteiger partial charge on any atom is 0.343 e. The third kappa shape index (κ3) is 4.80. The Kier molecular flexibility index (Phi) is 6.93. The highest BCUT2D eigenvalue weighted by molar-refractivity contribution is 6.54. The summed E-state index contributed by atoms with van der Waals surface area (Å²) >= 11 is 18.3. The maximum atomic E-state index is 12.9. The van der Waals surface area contributed by atoms with Crippen molar-refractivity contribution in [2.75, 3.05) is 10.2 Å². The summed E-state index contributed by atoms with van der Waals surface area (Å²) in [6.45, 7) is 2.04. The fraction of sp³-hybridized carbons (Fsp3) is 0.0800. The quantitative estimate of drug-likeness (QED) is 0.240. The fourth-order valence-corrected chi connectivity index (χ4v) is 3.86. The molecule has 4 rings (SSSR count). The lowest BCUT2D eigenvalue weighted by Crippen LogP contribution is -2.32. The minimum absolute atomic E-state index is 0.117. The van der Waals surface area contributed by atoms with Gasteiger partial charge >= 0.3 is 5.97 Å². The number of imide groups is 1. The van der Waals surface area contributed by atoms with Crippen LogP contribution in [0.25, 0.3) is 0 Å². The van der Waals surface area contributed by atoms with Gasteiger partial charge in [-0.05, 0) is 66.6 Å². The van der Waals surface area contributed by atoms with Gasteiger partial charge in [0.15, 0.2) is 0 Å². The van der Waals surface area contributed by atoms with Crippen LogP contribution in [0.2, 0.25) is 10.0 Å². The normalized spacial score (nSPS) is 13.5. The third-order valence-electron chi connectivity index (χ3n) is 5.11. The predicted octanol–water partition coefficient (Wildman–Crippen LogP) is 6.21. The van der Waals surface area contributed by atoms with Gasteiger partial charge in [-0.25, -0.2) is 9.69 Å². The number of aryl methyl sites for hydroxylation is 1. The number of nitrogens with zero attached hydrogens (tertiary/aromatic N) is 1. The molecule has 1 aliphatic rings. The number of ether oxygens (including phenoxy) is 1. The molecule has 0 fully saturated rings. The molecule has 0 aromatic heterocycles. The van der Waals surface area contributed by atoms with Gasteiger partial charge in [0.25, 0.3) is 11.8 Å². The van der Waals surface area contributed by atoms with Gasteiger partial charge in [-0.15, -0.1) is 0 Å². The van der Waals surface area contributed by atoms with E-state index in [9.17, 15) is 14.4 Å². The molecule has 0 unspecified atom stereocenters. The van der Waals surface area contributed by atoms with Crippen molar-refractivity contribution < 1.29 is 19.1 Å². The molecule has 3 aromatic carbocycles. The molecule has 0 saturated heterocycles. The van der Waals surface area contributed by atoms with Crippen LogP contribution < -0.4 is 15.0 Å². The zero-order valence-corrected chi connectivity index (χ0v) is 20.0. The van der Waals surface area contributed by atoms with Gasteiger partial charge in [0, 0.05) is 10.7 Å². The van der Waals surface area contributed by atoms with E-state index < -0.39 is 17.8 Å². The molecule has 0 saturated carbocycles. The molecule has 1 aliphatic heterocycles. The number of benzene rings is 3. The number of rotatable bonds is 6. The average molecular weight is 516 g/mol. The molecule has 0 spiro atoms. The highest BCUT2D eigenvalue weighted by atomic mass is 35.5. The Bertz CT molecular complexity index is 1320. The molecule has 6 nitrogen and oxygen atoms in total. The van der Waals surface area contributed by atoms with Crippen LogP contribution in [-0.4, -0.2) is 17.8 Å². The van der Waals surface area contributed by atoms with Gasteiger partial charge in [-0.1, -0.05) is 53.9 Å². The van der Waals surface area contributed by atoms with Crippen molar-refractivity contribution in [2.45, 2.75) is 13.3 Å². The second-order valence-electron chi connectivity index (χ2n) is 7.32. The summed E-state index contributed by atoms with van der Waals surface area (Å²) in [5.74, 6) is -1.50. The number of halogens is 3. The molecular formula is C25H17Cl3N2O4. The molecule has 1 heterocycles. The van der Waals surface area contributed by atoms with Crippen LogP contribution in [-0.2, 0) is 16.0 Å². The monoisotopic (exact) mass is 514 g/mol. The molecule has 2 amide bonds. The largest absolute Gasteiger partial charge is 0.423 e. The number of carbonyl (C=O) groups is 3. The Hall–Kier alpha value is -3.32. The summed E-state index contributed by atoms with van der Waals surface area (Å²) < 4.78 is 5.39. The SMILES string of the molecule is CCc1ccc(OC(=O)c2ccc(NC3=C(Cl)C(=O)N(c4cc(Cl)ccc4Cl)C3=O)cc2)cc1. The Morgan fingerprint density at radius 1 is 0.912 bits per heavy atom. The smallest absolute Gasteiger partial charge is 0.343 e. The topological polar surface area (TPSA) is 75.7 Å². The second-order valence-corrected chi connectivity index (χ2v) is 8.54. The lowest BCUT2D eigenvalue weighted by molar-refractivity contribution is -0.120. The van der Waals surface area contributed by atoms with E-state index in [1.54, 1.807) is 30.3 Å². The molecule has 9 heteroatoms. The van der Waals surface area contributed by atoms with Crippen LogP contribution in [0.4, 0.5) is 11.4 Å². The van der Waals surface area contributed by atoms with Crippen molar-refractivity contribution in [1.82, 2.24) is 0 Å². The Labute approximate surface area is 210 Å². The Morgan fingerprint density at radius 3 is 2.24 bits per heavy atom. The van der Waals surface area contributed by atoms with Gasteiger partial charge in [-0.2, -0.15) is 0 Å². The average Bonchev–Trinajstić information content (AvgIpc) is 3.04. The molecular weight excluding hydrogens is 499 g/mol. The van der Waals surface area contributed by atoms with Crippen LogP contribution in [0.15, 0.2) is 77.5 Å². The molecule has 1 N–H and O–H groups in total. The van der Waals surface area contributed by atoms with E-state index in [-0.39, 0.29) is 21.4 Å². The van der Waals surface area contributed by atoms with Crippen LogP contribution in [0, 0.1) is 0 Å². The van der Waals surface area contributed by atoms with E-state index in [2.05, 4.69) is 5.32 Å². The third-order valence-corrected chi connectivity index (χ3v) is 6.01. The summed E-state index contributed by atoms with van der Waals surface area (Å²) in [5.41, 5.74) is 1.90. The molecule has 0 bridgehead atoms. The van der Waals surface area contributed by atoms with Gasteiger partial charge in [-0.3, -0.25) is 9.59 Å². The van der Waals surface area contributed by atoms with Crippen molar-refractivity contribution in [2.24, 2.45) is 0 Å². The first-order valence-corrected chi connectivity index (χ1v) is 11.3. The summed E-state index contributed by atoms with van der Waals surface area (Å²) in [7, 11) is 0. The number of carbonyl (C=O) groups excluding carboxylic acids is 3. The van der Waals surface area contributed by atoms with Crippen LogP contribution in [0.3, 0.4) is 0 Å². The lowest BCUT2D eigenvalue weighted by Gasteiger charge is -2.17. The van der Waals surface area contributed by atoms with Crippen molar-refractivity contribution in [3.05, 3.63) is 98.6 Å². The molecule has 0 atom stereocenters. The molecule has 3 aromatic rings. The summed E-state index contributed by atoms with van der Waals surface area (Å²) in [6.07, 6.45) is 0.890. The molecule has 34 heavy (non-hydrogen) atoms. The highest BCUT2D eigenvalue weighted by Crippen LogP contribution is 2.35. The van der Waals surface area contributed by atoms with E-state index in [1.807, 2.05) is 19.1 Å². The Balaban J connectivity index is 1.48. The maximum absolute atomic E-state index is 12.9. The van der Waals surface area contributed by atoms with Gasteiger partial charge in [0.05, 0.1) is 16.3 Å². The molecule has 0 aliphatic carbocycles. The minimum atomic E-state index is -0.729. The predicted molar refractivity (Wildman–Crippen MR) is 133 cm³/mol. The van der Waals surface area contributed by atoms with Crippen molar-refractivity contribution in [1.29, 1.82) is 0 Å². The first-order valence-electron chi connectivity index (χ1n) is 10.2. The van der Waals surface area contributed by atoms with Crippen molar-refractivity contribution >= 4 is 64.0 Å². The summed E-state index contributed by atoms with van der Waals surface area (Å²) in [4.78, 5) is 38.9. The van der Waals surface area contributed by atoms with E-state index in [4.69, 9.17) is 39.5 Å². The number of nitrogens with one attached hydrogen (secondary N) is 1. The van der Waals surface area contributed by atoms with Gasteiger partial charge in [0.2, 0.25) is 0 Å². The zero-order valence-electron chi connectivity index (χ0n) is 17.8. The van der Waals surface area contributed by atoms with Crippen LogP contribution in [0.1, 0.15) is 22.8 Å². The highest BCUT2D eigenvalue weighted by Gasteiger charge is 2.40. The molecule has 172 valence electrons. The van der Waals surface area contributed by atoms with E-state index in [1.165, 1.54) is 24.3 Å². The van der Waals surface area contributed by atoms with Crippen molar-refractivity contribution in [3.63, 3.8) is 0 Å². The van der Waals surface area contributed by atoms with E-state index in [0.717, 1.165) is 16.9 Å². The lowest BCUT2D eigenvalue weighted by atomic mass is 10.1. The van der Waals surface area contributed by atoms with Crippen LogP contribution >= 0.6 is 34.8 Å². The van der Waals surface area contributed by atoms with Crippen molar-refractivity contribution in [3.8, 4) is 5.75 Å². The van der Waals surface area contributed by atoms with E-state index in [0.29, 0.717) is 22.0 Å². The zero-order chi connectivity index (χ0) is 24.4. The number of amides is 2. The van der Waals surface area contributed by atoms with Crippen LogP contribution in [0.5, 0.6) is 5.75 Å². The minimum Gasteiger partial charge on any atom is -0.423 e. The molecule has 0 radical (unpaired) electrons. The standard InChI is InChI=1S/C25H17Cl3N2O4/c1-2-14-3-10-18(11-4-14)34-25(33)15-5-8-17(9-6-15)29-22-21(28)23(31)30(24(22)32)20-13-16(26)7-12-19(20)27/h3-13,29H,2H2,1H3. The second kappa shape index (κ2) is 9.89. The number of anilines is 2. The first kappa shape index (κ1) is 23.8. The fourth-order valence-electron chi connectivity index (χ4n) is 3.28. The Morgan fingerprint density at radius 2 is 1.59 bits per heavy atom. The van der Waals surface area contributed by atoms with Gasteiger partial charge in [0.1, 0.15) is 16.5 Å².